The zero-order valence-electron chi connectivity index (χ0n) is 20.0. The molecular formula is C27H32N4O3S. The monoisotopic (exact) mass is 492 g/mol. The van der Waals surface area contributed by atoms with Crippen molar-refractivity contribution in [1.29, 1.82) is 5.26 Å². The van der Waals surface area contributed by atoms with E-state index in [1.54, 1.807) is 40.7 Å². The Labute approximate surface area is 208 Å². The molecule has 4 rings (SSSR count). The average Bonchev–Trinajstić information content (AvgIpc) is 3.19. The summed E-state index contributed by atoms with van der Waals surface area (Å²) in [5, 5.41) is 8.92. The van der Waals surface area contributed by atoms with E-state index in [0.29, 0.717) is 36.6 Å². The maximum absolute atomic E-state index is 12.9. The Morgan fingerprint density at radius 2 is 1.49 bits per heavy atom. The summed E-state index contributed by atoms with van der Waals surface area (Å²) in [5.74, 6) is -0.0377. The minimum Gasteiger partial charge on any atom is -0.337 e. The van der Waals surface area contributed by atoms with E-state index < -0.39 is 10.0 Å². The molecule has 0 aromatic heterocycles. The van der Waals surface area contributed by atoms with Crippen molar-refractivity contribution in [2.24, 2.45) is 0 Å². The quantitative estimate of drug-likeness (QED) is 0.577. The molecule has 2 aliphatic heterocycles. The van der Waals surface area contributed by atoms with Gasteiger partial charge in [-0.3, -0.25) is 9.69 Å². The van der Waals surface area contributed by atoms with Gasteiger partial charge in [0, 0.05) is 51.9 Å². The van der Waals surface area contributed by atoms with Gasteiger partial charge in [-0.25, -0.2) is 8.42 Å². The van der Waals surface area contributed by atoms with Crippen LogP contribution < -0.4 is 0 Å². The van der Waals surface area contributed by atoms with Gasteiger partial charge >= 0.3 is 0 Å². The molecule has 0 N–H and O–H groups in total. The van der Waals surface area contributed by atoms with Crippen molar-refractivity contribution in [3.05, 3.63) is 71.3 Å². The molecule has 0 unspecified atom stereocenters. The minimum atomic E-state index is -3.47. The Bertz CT molecular complexity index is 1170. The fourth-order valence-electron chi connectivity index (χ4n) is 4.52. The molecule has 35 heavy (non-hydrogen) atoms. The summed E-state index contributed by atoms with van der Waals surface area (Å²) in [6.45, 7) is 4.87. The van der Waals surface area contributed by atoms with Gasteiger partial charge in [-0.2, -0.15) is 9.57 Å². The van der Waals surface area contributed by atoms with Crippen LogP contribution in [0.3, 0.4) is 0 Å². The smallest absolute Gasteiger partial charge is 0.246 e. The van der Waals surface area contributed by atoms with Crippen molar-refractivity contribution in [2.75, 3.05) is 39.3 Å². The van der Waals surface area contributed by atoms with Crippen LogP contribution in [0.15, 0.2) is 59.5 Å². The van der Waals surface area contributed by atoms with E-state index in [1.807, 2.05) is 29.2 Å². The highest BCUT2D eigenvalue weighted by molar-refractivity contribution is 7.89. The van der Waals surface area contributed by atoms with Crippen LogP contribution in [0.1, 0.15) is 42.4 Å². The second-order valence-corrected chi connectivity index (χ2v) is 11.1. The Kier molecular flexibility index (Phi) is 8.34. The number of piperazine rings is 1. The lowest BCUT2D eigenvalue weighted by Gasteiger charge is -2.34. The summed E-state index contributed by atoms with van der Waals surface area (Å²) in [6, 6.07) is 16.5. The Balaban J connectivity index is 1.28. The van der Waals surface area contributed by atoms with E-state index in [4.69, 9.17) is 5.26 Å². The summed E-state index contributed by atoms with van der Waals surface area (Å²) in [6.07, 6.45) is 7.28. The summed E-state index contributed by atoms with van der Waals surface area (Å²) in [7, 11) is -3.47. The van der Waals surface area contributed by atoms with Gasteiger partial charge in [0.1, 0.15) is 0 Å². The Morgan fingerprint density at radius 3 is 2.09 bits per heavy atom. The number of rotatable bonds is 6. The van der Waals surface area contributed by atoms with E-state index >= 15 is 0 Å². The Morgan fingerprint density at radius 1 is 0.857 bits per heavy atom. The predicted molar refractivity (Wildman–Crippen MR) is 136 cm³/mol. The van der Waals surface area contributed by atoms with Crippen molar-refractivity contribution in [1.82, 2.24) is 14.1 Å². The second kappa shape index (κ2) is 11.6. The lowest BCUT2D eigenvalue weighted by molar-refractivity contribution is -0.127. The number of benzene rings is 2. The molecule has 2 aliphatic rings. The second-order valence-electron chi connectivity index (χ2n) is 9.13. The third kappa shape index (κ3) is 6.57. The summed E-state index contributed by atoms with van der Waals surface area (Å²) < 4.78 is 27.4. The molecule has 2 saturated heterocycles. The summed E-state index contributed by atoms with van der Waals surface area (Å²) in [4.78, 5) is 17.1. The first-order chi connectivity index (χ1) is 17.0. The predicted octanol–water partition coefficient (Wildman–Crippen LogP) is 3.48. The first kappa shape index (κ1) is 25.1. The van der Waals surface area contributed by atoms with E-state index in [0.717, 1.165) is 56.4 Å². The van der Waals surface area contributed by atoms with Crippen LogP contribution in [-0.2, 0) is 21.4 Å². The van der Waals surface area contributed by atoms with Crippen LogP contribution in [0.2, 0.25) is 0 Å². The van der Waals surface area contributed by atoms with Crippen molar-refractivity contribution in [3.8, 4) is 6.07 Å². The first-order valence-corrected chi connectivity index (χ1v) is 13.7. The van der Waals surface area contributed by atoms with Gasteiger partial charge in [0.2, 0.25) is 15.9 Å². The molecule has 0 bridgehead atoms. The van der Waals surface area contributed by atoms with E-state index in [9.17, 15) is 13.2 Å². The number of carbonyl (C=O) groups excluding carboxylic acids is 1. The van der Waals surface area contributed by atoms with Crippen LogP contribution in [0.25, 0.3) is 6.08 Å². The normalized spacial score (nSPS) is 18.3. The number of hydrogen-bond donors (Lipinski definition) is 0. The molecule has 0 radical (unpaired) electrons. The summed E-state index contributed by atoms with van der Waals surface area (Å²) in [5.41, 5.74) is 2.61. The zero-order chi connectivity index (χ0) is 24.7. The fourth-order valence-corrected chi connectivity index (χ4v) is 6.04. The van der Waals surface area contributed by atoms with Gasteiger partial charge in [0.25, 0.3) is 0 Å². The highest BCUT2D eigenvalue weighted by Crippen LogP contribution is 2.21. The lowest BCUT2D eigenvalue weighted by atomic mass is 10.1. The number of carbonyl (C=O) groups is 1. The molecule has 2 aromatic carbocycles. The lowest BCUT2D eigenvalue weighted by Crippen LogP contribution is -2.47. The number of nitrogens with zero attached hydrogens (tertiary/aromatic N) is 4. The molecule has 0 saturated carbocycles. The number of hydrogen-bond acceptors (Lipinski definition) is 5. The van der Waals surface area contributed by atoms with Gasteiger partial charge in [0.05, 0.1) is 16.5 Å². The van der Waals surface area contributed by atoms with Crippen molar-refractivity contribution in [3.63, 3.8) is 0 Å². The molecule has 7 nitrogen and oxygen atoms in total. The molecule has 1 amide bonds. The third-order valence-corrected chi connectivity index (χ3v) is 8.59. The highest BCUT2D eigenvalue weighted by atomic mass is 32.2. The molecule has 0 spiro atoms. The highest BCUT2D eigenvalue weighted by Gasteiger charge is 2.25. The largest absolute Gasteiger partial charge is 0.337 e. The molecule has 0 aliphatic carbocycles. The van der Waals surface area contributed by atoms with Crippen molar-refractivity contribution in [2.45, 2.75) is 37.1 Å². The zero-order valence-corrected chi connectivity index (χ0v) is 20.8. The molecule has 2 heterocycles. The van der Waals surface area contributed by atoms with E-state index in [-0.39, 0.29) is 5.91 Å². The first-order valence-electron chi connectivity index (χ1n) is 12.2. The number of sulfonamides is 1. The molecule has 184 valence electrons. The average molecular weight is 493 g/mol. The topological polar surface area (TPSA) is 84.7 Å². The maximum Gasteiger partial charge on any atom is 0.246 e. The fraction of sp³-hybridized carbons (Fsp3) is 0.407. The van der Waals surface area contributed by atoms with Crippen LogP contribution in [0.4, 0.5) is 0 Å². The molecule has 0 atom stereocenters. The third-order valence-electron chi connectivity index (χ3n) is 6.67. The van der Waals surface area contributed by atoms with Gasteiger partial charge in [-0.15, -0.1) is 0 Å². The molecule has 2 fully saturated rings. The molecule has 2 aromatic rings. The van der Waals surface area contributed by atoms with Crippen LogP contribution in [-0.4, -0.2) is 67.7 Å². The standard InChI is InChI=1S/C27H32N4O3S/c28-21-24-5-7-25(8-6-24)22-29-17-19-30(20-18-29)27(32)14-11-23-9-12-26(13-10-23)35(33,34)31-15-3-1-2-4-16-31/h5-14H,1-4,15-20,22H2/b14-11+. The van der Waals surface area contributed by atoms with Crippen molar-refractivity contribution < 1.29 is 13.2 Å². The van der Waals surface area contributed by atoms with Gasteiger partial charge in [-0.05, 0) is 54.3 Å². The molecular weight excluding hydrogens is 460 g/mol. The minimum absolute atomic E-state index is 0.0377. The van der Waals surface area contributed by atoms with Crippen LogP contribution >= 0.6 is 0 Å². The van der Waals surface area contributed by atoms with Crippen LogP contribution in [0, 0.1) is 11.3 Å². The van der Waals surface area contributed by atoms with Gasteiger partial charge in [0.15, 0.2) is 0 Å². The summed E-state index contributed by atoms with van der Waals surface area (Å²) >= 11 is 0. The van der Waals surface area contributed by atoms with E-state index in [2.05, 4.69) is 11.0 Å². The van der Waals surface area contributed by atoms with Crippen LogP contribution in [0.5, 0.6) is 0 Å². The van der Waals surface area contributed by atoms with Gasteiger partial charge < -0.3 is 4.90 Å². The number of nitriles is 1. The van der Waals surface area contributed by atoms with Gasteiger partial charge in [-0.1, -0.05) is 37.1 Å². The maximum atomic E-state index is 12.9. The Hall–Kier alpha value is -2.99. The van der Waals surface area contributed by atoms with E-state index in [1.165, 1.54) is 0 Å². The number of amides is 1. The SMILES string of the molecule is N#Cc1ccc(CN2CCN(C(=O)/C=C/c3ccc(S(=O)(=O)N4CCCCCC4)cc3)CC2)cc1. The molecule has 8 heteroatoms. The van der Waals surface area contributed by atoms with Crippen molar-refractivity contribution >= 4 is 22.0 Å².